The predicted octanol–water partition coefficient (Wildman–Crippen LogP) is 3.60. The highest BCUT2D eigenvalue weighted by molar-refractivity contribution is 8.00. The highest BCUT2D eigenvalue weighted by Gasteiger charge is 2.26. The lowest BCUT2D eigenvalue weighted by molar-refractivity contribution is -0.133. The minimum atomic E-state index is -0.223. The topological polar surface area (TPSA) is 61.9 Å². The van der Waals surface area contributed by atoms with E-state index in [2.05, 4.69) is 15.2 Å². The molecule has 1 atom stereocenters. The van der Waals surface area contributed by atoms with Gasteiger partial charge >= 0.3 is 0 Å². The molecule has 0 aliphatic rings. The van der Waals surface area contributed by atoms with Crippen molar-refractivity contribution in [3.63, 3.8) is 0 Å². The maximum absolute atomic E-state index is 12.6. The lowest BCUT2D eigenvalue weighted by atomic mass is 10.2. The second-order valence-electron chi connectivity index (χ2n) is 6.03. The summed E-state index contributed by atoms with van der Waals surface area (Å²) < 4.78 is 0. The van der Waals surface area contributed by atoms with Crippen LogP contribution in [0.1, 0.15) is 34.6 Å². The van der Waals surface area contributed by atoms with Gasteiger partial charge < -0.3 is 4.90 Å². The van der Waals surface area contributed by atoms with Gasteiger partial charge in [-0.2, -0.15) is 0 Å². The van der Waals surface area contributed by atoms with E-state index in [9.17, 15) is 4.79 Å². The first kappa shape index (κ1) is 17.5. The molecule has 0 radical (unpaired) electrons. The lowest BCUT2D eigenvalue weighted by Gasteiger charge is -2.32. The second kappa shape index (κ2) is 7.64. The number of H-pyrrole nitrogens is 1. The summed E-state index contributed by atoms with van der Waals surface area (Å²) in [4.78, 5) is 19.0. The Morgan fingerprint density at radius 3 is 2.26 bits per heavy atom. The van der Waals surface area contributed by atoms with Crippen molar-refractivity contribution in [1.82, 2.24) is 20.1 Å². The number of nitrogens with one attached hydrogen (secondary N) is 1. The molecule has 0 spiro atoms. The second-order valence-corrected chi connectivity index (χ2v) is 7.33. The monoisotopic (exact) mass is 332 g/mol. The molecular formula is C17H24N4OS. The zero-order chi connectivity index (χ0) is 17.0. The molecule has 23 heavy (non-hydrogen) atoms. The maximum Gasteiger partial charge on any atom is 0.236 e. The molecule has 0 aliphatic heterocycles. The fourth-order valence-corrected chi connectivity index (χ4v) is 3.33. The standard InChI is InChI=1S/C17H24N4OS/c1-11(2)21(12(3)4)16(22)13(5)23-17-18-15(19-20-17)14-9-7-6-8-10-14/h6-13H,1-5H3,(H,18,19,20)/t13-/m1/s1. The third-order valence-corrected chi connectivity index (χ3v) is 4.46. The molecule has 0 aliphatic carbocycles. The third kappa shape index (κ3) is 4.34. The van der Waals surface area contributed by atoms with E-state index in [1.807, 2.05) is 69.9 Å². The largest absolute Gasteiger partial charge is 0.337 e. The summed E-state index contributed by atoms with van der Waals surface area (Å²) in [5.74, 6) is 0.836. The van der Waals surface area contributed by atoms with E-state index < -0.39 is 0 Å². The van der Waals surface area contributed by atoms with Gasteiger partial charge in [0, 0.05) is 17.6 Å². The molecule has 1 heterocycles. The van der Waals surface area contributed by atoms with Crippen molar-refractivity contribution in [2.45, 2.75) is 57.1 Å². The van der Waals surface area contributed by atoms with E-state index in [-0.39, 0.29) is 23.2 Å². The number of aromatic nitrogens is 3. The Morgan fingerprint density at radius 1 is 1.09 bits per heavy atom. The van der Waals surface area contributed by atoms with Crippen LogP contribution in [0.3, 0.4) is 0 Å². The molecule has 124 valence electrons. The Morgan fingerprint density at radius 2 is 1.70 bits per heavy atom. The number of carbonyl (C=O) groups is 1. The normalized spacial score (nSPS) is 12.7. The molecule has 0 unspecified atom stereocenters. The van der Waals surface area contributed by atoms with Crippen molar-refractivity contribution in [2.75, 3.05) is 0 Å². The predicted molar refractivity (Wildman–Crippen MR) is 94.3 cm³/mol. The molecule has 1 amide bonds. The first-order valence-corrected chi connectivity index (χ1v) is 8.74. The van der Waals surface area contributed by atoms with Crippen molar-refractivity contribution in [3.05, 3.63) is 30.3 Å². The van der Waals surface area contributed by atoms with Gasteiger partial charge in [0.05, 0.1) is 5.25 Å². The number of rotatable bonds is 6. The molecule has 6 heteroatoms. The minimum Gasteiger partial charge on any atom is -0.337 e. The first-order valence-electron chi connectivity index (χ1n) is 7.86. The van der Waals surface area contributed by atoms with Gasteiger partial charge in [0.1, 0.15) is 0 Å². The van der Waals surface area contributed by atoms with Crippen molar-refractivity contribution >= 4 is 17.7 Å². The fraction of sp³-hybridized carbons (Fsp3) is 0.471. The zero-order valence-electron chi connectivity index (χ0n) is 14.3. The van der Waals surface area contributed by atoms with Crippen LogP contribution in [0.5, 0.6) is 0 Å². The highest BCUT2D eigenvalue weighted by Crippen LogP contribution is 2.24. The average Bonchev–Trinajstić information content (AvgIpc) is 2.95. The number of amides is 1. The van der Waals surface area contributed by atoms with Gasteiger partial charge in [-0.1, -0.05) is 42.1 Å². The maximum atomic E-state index is 12.6. The summed E-state index contributed by atoms with van der Waals surface area (Å²) >= 11 is 1.39. The lowest BCUT2D eigenvalue weighted by Crippen LogP contribution is -2.45. The molecule has 5 nitrogen and oxygen atoms in total. The van der Waals surface area contributed by atoms with Crippen LogP contribution < -0.4 is 0 Å². The number of benzene rings is 1. The first-order chi connectivity index (χ1) is 10.9. The van der Waals surface area contributed by atoms with Crippen LogP contribution in [0.25, 0.3) is 11.4 Å². The Labute approximate surface area is 141 Å². The number of nitrogens with zero attached hydrogens (tertiary/aromatic N) is 3. The Bertz CT molecular complexity index is 631. The number of thioether (sulfide) groups is 1. The average molecular weight is 332 g/mol. The molecule has 0 saturated carbocycles. The van der Waals surface area contributed by atoms with Crippen LogP contribution in [0.4, 0.5) is 0 Å². The summed E-state index contributed by atoms with van der Waals surface area (Å²) in [5.41, 5.74) is 0.983. The van der Waals surface area contributed by atoms with Crippen molar-refractivity contribution in [3.8, 4) is 11.4 Å². The van der Waals surface area contributed by atoms with Gasteiger partial charge in [-0.3, -0.25) is 9.89 Å². The summed E-state index contributed by atoms with van der Waals surface area (Å²) in [5, 5.41) is 7.53. The van der Waals surface area contributed by atoms with Crippen LogP contribution in [-0.2, 0) is 4.79 Å². The number of hydrogen-bond acceptors (Lipinski definition) is 4. The molecule has 1 N–H and O–H groups in total. The molecule has 1 aromatic heterocycles. The van der Waals surface area contributed by atoms with E-state index in [0.717, 1.165) is 11.4 Å². The fourth-order valence-electron chi connectivity index (χ4n) is 2.55. The van der Waals surface area contributed by atoms with Crippen molar-refractivity contribution < 1.29 is 4.79 Å². The summed E-state index contributed by atoms with van der Waals surface area (Å²) in [6.45, 7) is 10.1. The van der Waals surface area contributed by atoms with Gasteiger partial charge in [0.25, 0.3) is 0 Å². The van der Waals surface area contributed by atoms with E-state index in [1.54, 1.807) is 0 Å². The van der Waals surface area contributed by atoms with E-state index in [0.29, 0.717) is 5.16 Å². The van der Waals surface area contributed by atoms with E-state index in [4.69, 9.17) is 0 Å². The Hall–Kier alpha value is -1.82. The Kier molecular flexibility index (Phi) is 5.82. The smallest absolute Gasteiger partial charge is 0.236 e. The molecule has 2 aromatic rings. The van der Waals surface area contributed by atoms with Crippen molar-refractivity contribution in [1.29, 1.82) is 0 Å². The van der Waals surface area contributed by atoms with Gasteiger partial charge in [0.15, 0.2) is 5.82 Å². The summed E-state index contributed by atoms with van der Waals surface area (Å²) in [7, 11) is 0. The van der Waals surface area contributed by atoms with Gasteiger partial charge in [0.2, 0.25) is 11.1 Å². The molecule has 1 aromatic carbocycles. The van der Waals surface area contributed by atoms with E-state index >= 15 is 0 Å². The van der Waals surface area contributed by atoms with Gasteiger partial charge in [-0.15, -0.1) is 5.10 Å². The highest BCUT2D eigenvalue weighted by atomic mass is 32.2. The van der Waals surface area contributed by atoms with Gasteiger partial charge in [-0.05, 0) is 34.6 Å². The zero-order valence-corrected chi connectivity index (χ0v) is 15.1. The van der Waals surface area contributed by atoms with Crippen LogP contribution >= 0.6 is 11.8 Å². The van der Waals surface area contributed by atoms with E-state index in [1.165, 1.54) is 11.8 Å². The number of aromatic amines is 1. The van der Waals surface area contributed by atoms with Gasteiger partial charge in [-0.25, -0.2) is 4.98 Å². The summed E-state index contributed by atoms with van der Waals surface area (Å²) in [6, 6.07) is 10.2. The molecule has 0 saturated heterocycles. The SMILES string of the molecule is CC(C)N(C(=O)[C@@H](C)Sc1n[nH]c(-c2ccccc2)n1)C(C)C. The summed E-state index contributed by atoms with van der Waals surface area (Å²) in [6.07, 6.45) is 0. The molecule has 0 bridgehead atoms. The van der Waals surface area contributed by atoms with Crippen LogP contribution in [-0.4, -0.2) is 43.3 Å². The molecule has 0 fully saturated rings. The molecule has 2 rings (SSSR count). The number of hydrogen-bond donors (Lipinski definition) is 1. The third-order valence-electron chi connectivity index (χ3n) is 3.51. The molecular weight excluding hydrogens is 308 g/mol. The van der Waals surface area contributed by atoms with Crippen molar-refractivity contribution in [2.24, 2.45) is 0 Å². The minimum absolute atomic E-state index is 0.117. The van der Waals surface area contributed by atoms with Crippen LogP contribution in [0.2, 0.25) is 0 Å². The van der Waals surface area contributed by atoms with Crippen LogP contribution in [0.15, 0.2) is 35.5 Å². The van der Waals surface area contributed by atoms with Crippen LogP contribution in [0, 0.1) is 0 Å². The quantitative estimate of drug-likeness (QED) is 0.821. The Balaban J connectivity index is 2.07. The number of carbonyl (C=O) groups excluding carboxylic acids is 1.